The van der Waals surface area contributed by atoms with Crippen LogP contribution in [0.25, 0.3) is 0 Å². The average Bonchev–Trinajstić information content (AvgIpc) is 2.57. The van der Waals surface area contributed by atoms with E-state index in [1.54, 1.807) is 0 Å². The van der Waals surface area contributed by atoms with E-state index >= 15 is 0 Å². The monoisotopic (exact) mass is 383 g/mol. The first-order valence-electron chi connectivity index (χ1n) is 7.66. The molecule has 0 amide bonds. The largest absolute Gasteiger partial charge is 0.468 e. The summed E-state index contributed by atoms with van der Waals surface area (Å²) in [6.07, 6.45) is 0.863. The molecule has 5 nitrogen and oxygen atoms in total. The first kappa shape index (κ1) is 18.1. The van der Waals surface area contributed by atoms with Gasteiger partial charge in [0.2, 0.25) is 0 Å². The Kier molecular flexibility index (Phi) is 7.20. The number of ether oxygens (including phenoxy) is 3. The summed E-state index contributed by atoms with van der Waals surface area (Å²) >= 11 is 3.49. The Morgan fingerprint density at radius 2 is 2.22 bits per heavy atom. The number of methoxy groups -OCH3 is 1. The fraction of sp³-hybridized carbons (Fsp3) is 0.529. The molecule has 1 heterocycles. The van der Waals surface area contributed by atoms with Gasteiger partial charge >= 0.3 is 5.97 Å². The Morgan fingerprint density at radius 1 is 1.43 bits per heavy atom. The van der Waals surface area contributed by atoms with Crippen molar-refractivity contribution in [3.63, 3.8) is 0 Å². The number of rotatable bonds is 6. The average molecular weight is 384 g/mol. The second kappa shape index (κ2) is 9.15. The SMILES string of the molecule is COC(=O)C(/C(C)=N/CCC1COCCO1)c1ccccc1Br. The number of hydrogen-bond donors (Lipinski definition) is 0. The minimum absolute atomic E-state index is 0.0836. The Balaban J connectivity index is 2.07. The van der Waals surface area contributed by atoms with Crippen LogP contribution in [0.4, 0.5) is 0 Å². The van der Waals surface area contributed by atoms with Crippen molar-refractivity contribution in [3.05, 3.63) is 34.3 Å². The molecule has 0 radical (unpaired) electrons. The van der Waals surface area contributed by atoms with Crippen LogP contribution in [0.15, 0.2) is 33.7 Å². The lowest BCUT2D eigenvalue weighted by Gasteiger charge is -2.22. The molecule has 0 spiro atoms. The smallest absolute Gasteiger partial charge is 0.318 e. The van der Waals surface area contributed by atoms with Gasteiger partial charge in [0.15, 0.2) is 0 Å². The molecule has 2 unspecified atom stereocenters. The van der Waals surface area contributed by atoms with Crippen LogP contribution < -0.4 is 0 Å². The predicted molar refractivity (Wildman–Crippen MR) is 92.1 cm³/mol. The maximum absolute atomic E-state index is 12.2. The van der Waals surface area contributed by atoms with E-state index in [2.05, 4.69) is 20.9 Å². The third-order valence-corrected chi connectivity index (χ3v) is 4.49. The van der Waals surface area contributed by atoms with Crippen LogP contribution in [0.2, 0.25) is 0 Å². The number of carbonyl (C=O) groups excluding carboxylic acids is 1. The minimum atomic E-state index is -0.501. The van der Waals surface area contributed by atoms with E-state index in [1.165, 1.54) is 7.11 Å². The lowest BCUT2D eigenvalue weighted by atomic mass is 9.95. The molecule has 23 heavy (non-hydrogen) atoms. The molecule has 0 N–H and O–H groups in total. The molecule has 1 aromatic rings. The van der Waals surface area contributed by atoms with Crippen LogP contribution in [0.1, 0.15) is 24.8 Å². The van der Waals surface area contributed by atoms with Gasteiger partial charge in [-0.05, 0) is 25.0 Å². The topological polar surface area (TPSA) is 57.1 Å². The highest BCUT2D eigenvalue weighted by Crippen LogP contribution is 2.27. The Labute approximate surface area is 145 Å². The summed E-state index contributed by atoms with van der Waals surface area (Å²) < 4.78 is 16.8. The van der Waals surface area contributed by atoms with E-state index in [4.69, 9.17) is 14.2 Å². The zero-order valence-electron chi connectivity index (χ0n) is 13.5. The molecule has 0 aliphatic carbocycles. The van der Waals surface area contributed by atoms with Gasteiger partial charge in [0.05, 0.1) is 33.0 Å². The second-order valence-electron chi connectivity index (χ2n) is 5.36. The molecule has 1 aliphatic rings. The molecule has 1 saturated heterocycles. The van der Waals surface area contributed by atoms with Crippen LogP contribution in [0, 0.1) is 0 Å². The molecule has 0 aromatic heterocycles. The van der Waals surface area contributed by atoms with Crippen LogP contribution in [0.5, 0.6) is 0 Å². The van der Waals surface area contributed by atoms with Crippen molar-refractivity contribution in [2.24, 2.45) is 4.99 Å². The summed E-state index contributed by atoms with van der Waals surface area (Å²) in [6.45, 7) is 4.36. The number of hydrogen-bond acceptors (Lipinski definition) is 5. The maximum atomic E-state index is 12.2. The van der Waals surface area contributed by atoms with Crippen molar-refractivity contribution in [1.82, 2.24) is 0 Å². The van der Waals surface area contributed by atoms with Gasteiger partial charge in [0.1, 0.15) is 5.92 Å². The van der Waals surface area contributed by atoms with Gasteiger partial charge < -0.3 is 14.2 Å². The maximum Gasteiger partial charge on any atom is 0.318 e. The third-order valence-electron chi connectivity index (χ3n) is 3.77. The van der Waals surface area contributed by atoms with Crippen molar-refractivity contribution < 1.29 is 19.0 Å². The highest BCUT2D eigenvalue weighted by molar-refractivity contribution is 9.10. The summed E-state index contributed by atoms with van der Waals surface area (Å²) in [6, 6.07) is 7.62. The molecular formula is C17H22BrNO4. The van der Waals surface area contributed by atoms with Gasteiger partial charge in [-0.25, -0.2) is 0 Å². The molecule has 2 atom stereocenters. The molecular weight excluding hydrogens is 362 g/mol. The third kappa shape index (κ3) is 5.12. The summed E-state index contributed by atoms with van der Waals surface area (Å²) in [5.74, 6) is -0.811. The summed E-state index contributed by atoms with van der Waals surface area (Å²) in [4.78, 5) is 16.8. The van der Waals surface area contributed by atoms with Crippen LogP contribution >= 0.6 is 15.9 Å². The van der Waals surface area contributed by atoms with Gasteiger partial charge in [-0.2, -0.15) is 0 Å². The molecule has 6 heteroatoms. The van der Waals surface area contributed by atoms with Crippen LogP contribution in [0.3, 0.4) is 0 Å². The predicted octanol–water partition coefficient (Wildman–Crippen LogP) is 2.97. The molecule has 1 aromatic carbocycles. The van der Waals surface area contributed by atoms with Crippen molar-refractivity contribution >= 4 is 27.6 Å². The van der Waals surface area contributed by atoms with Gasteiger partial charge in [-0.15, -0.1) is 0 Å². The van der Waals surface area contributed by atoms with E-state index in [0.29, 0.717) is 26.4 Å². The van der Waals surface area contributed by atoms with Gasteiger partial charge in [-0.3, -0.25) is 9.79 Å². The zero-order chi connectivity index (χ0) is 16.7. The van der Waals surface area contributed by atoms with Crippen molar-refractivity contribution in [2.75, 3.05) is 33.5 Å². The van der Waals surface area contributed by atoms with E-state index in [0.717, 1.165) is 22.2 Å². The molecule has 1 fully saturated rings. The highest BCUT2D eigenvalue weighted by atomic mass is 79.9. The Bertz CT molecular complexity index is 555. The fourth-order valence-corrected chi connectivity index (χ4v) is 3.04. The van der Waals surface area contributed by atoms with Gasteiger partial charge in [0.25, 0.3) is 0 Å². The lowest BCUT2D eigenvalue weighted by molar-refractivity contribution is -0.140. The number of aliphatic imine (C=N–C) groups is 1. The lowest BCUT2D eigenvalue weighted by Crippen LogP contribution is -2.29. The molecule has 126 valence electrons. The Morgan fingerprint density at radius 3 is 2.87 bits per heavy atom. The zero-order valence-corrected chi connectivity index (χ0v) is 15.0. The van der Waals surface area contributed by atoms with Crippen LogP contribution in [-0.4, -0.2) is 51.3 Å². The number of benzene rings is 1. The van der Waals surface area contributed by atoms with Crippen molar-refractivity contribution in [1.29, 1.82) is 0 Å². The Hall–Kier alpha value is -1.24. The van der Waals surface area contributed by atoms with E-state index in [9.17, 15) is 4.79 Å². The highest BCUT2D eigenvalue weighted by Gasteiger charge is 2.26. The van der Waals surface area contributed by atoms with E-state index < -0.39 is 5.92 Å². The number of esters is 1. The van der Waals surface area contributed by atoms with Gasteiger partial charge in [-0.1, -0.05) is 34.1 Å². The first-order valence-corrected chi connectivity index (χ1v) is 8.45. The standard InChI is InChI=1S/C17H22BrNO4/c1-12(19-8-7-13-11-22-9-10-23-13)16(17(20)21-2)14-5-3-4-6-15(14)18/h3-6,13,16H,7-11H2,1-2H3/b19-12+. The number of carbonyl (C=O) groups is 1. The summed E-state index contributed by atoms with van der Waals surface area (Å²) in [5, 5.41) is 0. The quantitative estimate of drug-likeness (QED) is 0.559. The minimum Gasteiger partial charge on any atom is -0.468 e. The summed E-state index contributed by atoms with van der Waals surface area (Å²) in [7, 11) is 1.40. The molecule has 1 aliphatic heterocycles. The van der Waals surface area contributed by atoms with Crippen molar-refractivity contribution in [2.45, 2.75) is 25.4 Å². The van der Waals surface area contributed by atoms with Crippen molar-refractivity contribution in [3.8, 4) is 0 Å². The number of halogens is 1. The molecule has 0 saturated carbocycles. The van der Waals surface area contributed by atoms with Crippen LogP contribution in [-0.2, 0) is 19.0 Å². The van der Waals surface area contributed by atoms with E-state index in [1.807, 2.05) is 31.2 Å². The second-order valence-corrected chi connectivity index (χ2v) is 6.21. The molecule has 2 rings (SSSR count). The first-order chi connectivity index (χ1) is 11.1. The fourth-order valence-electron chi connectivity index (χ4n) is 2.53. The number of nitrogens with zero attached hydrogens (tertiary/aromatic N) is 1. The summed E-state index contributed by atoms with van der Waals surface area (Å²) in [5.41, 5.74) is 1.60. The van der Waals surface area contributed by atoms with E-state index in [-0.39, 0.29) is 12.1 Å². The van der Waals surface area contributed by atoms with Gasteiger partial charge in [0, 0.05) is 16.7 Å². The molecule has 0 bridgehead atoms. The normalized spacial score (nSPS) is 20.1.